The Morgan fingerprint density at radius 2 is 1.85 bits per heavy atom. The molecule has 0 aliphatic carbocycles. The summed E-state index contributed by atoms with van der Waals surface area (Å²) < 4.78 is 77.8. The molecular formula is C16H23F2NO6S2. The van der Waals surface area contributed by atoms with Crippen molar-refractivity contribution in [3.8, 4) is 0 Å². The fourth-order valence-electron chi connectivity index (χ4n) is 2.35. The quantitative estimate of drug-likeness (QED) is 0.331. The van der Waals surface area contributed by atoms with Gasteiger partial charge in [0, 0.05) is 6.54 Å². The number of rotatable bonds is 11. The number of unbranched alkanes of at least 4 members (excludes halogenated alkanes) is 2. The Bertz CT molecular complexity index is 785. The molecule has 0 radical (unpaired) electrons. The second-order valence-electron chi connectivity index (χ2n) is 5.79. The summed E-state index contributed by atoms with van der Waals surface area (Å²) in [5.74, 6) is -3.74. The van der Waals surface area contributed by atoms with Crippen molar-refractivity contribution in [2.45, 2.75) is 32.6 Å². The lowest BCUT2D eigenvalue weighted by atomic mass is 10.1. The maximum Gasteiger partial charge on any atom is 0.343 e. The van der Waals surface area contributed by atoms with E-state index >= 15 is 0 Å². The van der Waals surface area contributed by atoms with Crippen LogP contribution >= 0.6 is 0 Å². The van der Waals surface area contributed by atoms with Crippen molar-refractivity contribution in [1.82, 2.24) is 0 Å². The van der Waals surface area contributed by atoms with Crippen molar-refractivity contribution >= 4 is 32.8 Å². The van der Waals surface area contributed by atoms with Crippen molar-refractivity contribution in [1.29, 1.82) is 0 Å². The molecule has 1 aromatic rings. The molecule has 0 saturated heterocycles. The van der Waals surface area contributed by atoms with Gasteiger partial charge in [-0.1, -0.05) is 13.3 Å². The van der Waals surface area contributed by atoms with E-state index in [-0.39, 0.29) is 30.9 Å². The van der Waals surface area contributed by atoms with E-state index in [1.807, 2.05) is 6.92 Å². The minimum absolute atomic E-state index is 0.0776. The molecule has 0 fully saturated rings. The van der Waals surface area contributed by atoms with E-state index < -0.39 is 50.0 Å². The molecule has 0 saturated carbocycles. The molecule has 27 heavy (non-hydrogen) atoms. The Morgan fingerprint density at radius 3 is 2.41 bits per heavy atom. The molecule has 1 unspecified atom stereocenters. The second-order valence-corrected chi connectivity index (χ2v) is 9.00. The molecule has 0 heterocycles. The van der Waals surface area contributed by atoms with Crippen LogP contribution in [0.5, 0.6) is 0 Å². The highest BCUT2D eigenvalue weighted by molar-refractivity contribution is 7.91. The van der Waals surface area contributed by atoms with Gasteiger partial charge in [-0.05, 0) is 31.4 Å². The predicted molar refractivity (Wildman–Crippen MR) is 98.6 cm³/mol. The number of halogens is 2. The van der Waals surface area contributed by atoms with E-state index in [2.05, 4.69) is 4.74 Å². The zero-order valence-electron chi connectivity index (χ0n) is 15.1. The highest BCUT2D eigenvalue weighted by Crippen LogP contribution is 2.26. The fourth-order valence-corrected chi connectivity index (χ4v) is 4.52. The zero-order valence-corrected chi connectivity index (χ0v) is 16.7. The Morgan fingerprint density at radius 1 is 1.22 bits per heavy atom. The van der Waals surface area contributed by atoms with Crippen molar-refractivity contribution in [2.24, 2.45) is 0 Å². The number of carbonyl (C=O) groups excluding carboxylic acids is 1. The standard InChI is InChI=1S/C16H23F2NO6S2/c1-3-4-10-27(23,24)11-6-5-9-19(26(21)22)13-8-7-12(17)14(15(13)18)16(20)25-2/h7-8H,3-6,9-11H2,1-2H3,(H,21,22). The van der Waals surface area contributed by atoms with Gasteiger partial charge >= 0.3 is 5.97 Å². The molecule has 7 nitrogen and oxygen atoms in total. The SMILES string of the molecule is CCCCS(=O)(=O)CCCCN(c1ccc(F)c(C(=O)OC)c1F)S(=O)O. The first-order valence-electron chi connectivity index (χ1n) is 8.29. The van der Waals surface area contributed by atoms with Gasteiger partial charge in [0.05, 0.1) is 24.3 Å². The molecule has 154 valence electrons. The van der Waals surface area contributed by atoms with Gasteiger partial charge < -0.3 is 4.74 Å². The van der Waals surface area contributed by atoms with Crippen LogP contribution in [0.15, 0.2) is 12.1 Å². The summed E-state index contributed by atoms with van der Waals surface area (Å²) in [5.41, 5.74) is -1.42. The first-order valence-corrected chi connectivity index (χ1v) is 11.2. The number of benzene rings is 1. The maximum atomic E-state index is 14.5. The van der Waals surface area contributed by atoms with Crippen molar-refractivity contribution in [2.75, 3.05) is 29.5 Å². The Hall–Kier alpha value is -1.59. The number of nitrogens with zero attached hydrogens (tertiary/aromatic N) is 1. The summed E-state index contributed by atoms with van der Waals surface area (Å²) in [6, 6.07) is 1.73. The molecule has 0 aromatic heterocycles. The number of hydrogen-bond acceptors (Lipinski definition) is 5. The molecule has 11 heteroatoms. The third-order valence-corrected chi connectivity index (χ3v) is 6.37. The molecule has 0 amide bonds. The van der Waals surface area contributed by atoms with Crippen LogP contribution in [0, 0.1) is 11.6 Å². The van der Waals surface area contributed by atoms with Crippen LogP contribution in [0.4, 0.5) is 14.5 Å². The van der Waals surface area contributed by atoms with Gasteiger partial charge in [0.2, 0.25) is 0 Å². The minimum Gasteiger partial charge on any atom is -0.465 e. The topological polar surface area (TPSA) is 101 Å². The van der Waals surface area contributed by atoms with E-state index in [1.165, 1.54) is 0 Å². The molecule has 0 aliphatic heterocycles. The minimum atomic E-state index is -3.20. The number of carbonyl (C=O) groups is 1. The first kappa shape index (κ1) is 23.4. The van der Waals surface area contributed by atoms with Crippen LogP contribution in [0.3, 0.4) is 0 Å². The summed E-state index contributed by atoms with van der Waals surface area (Å²) in [6.45, 7) is 1.72. The van der Waals surface area contributed by atoms with Crippen LogP contribution in [-0.2, 0) is 25.8 Å². The van der Waals surface area contributed by atoms with Crippen LogP contribution in [-0.4, -0.2) is 48.3 Å². The number of methoxy groups -OCH3 is 1. The summed E-state index contributed by atoms with van der Waals surface area (Å²) in [6.07, 6.45) is 1.71. The number of sulfone groups is 1. The number of ether oxygens (including phenoxy) is 1. The van der Waals surface area contributed by atoms with E-state index in [1.54, 1.807) is 0 Å². The van der Waals surface area contributed by atoms with Gasteiger partial charge in [0.15, 0.2) is 5.82 Å². The smallest absolute Gasteiger partial charge is 0.343 e. The lowest BCUT2D eigenvalue weighted by Crippen LogP contribution is -2.28. The van der Waals surface area contributed by atoms with Gasteiger partial charge in [-0.15, -0.1) is 0 Å². The third kappa shape index (κ3) is 6.82. The van der Waals surface area contributed by atoms with Crippen LogP contribution in [0.2, 0.25) is 0 Å². The molecule has 1 atom stereocenters. The largest absolute Gasteiger partial charge is 0.465 e. The Balaban J connectivity index is 2.89. The van der Waals surface area contributed by atoms with Crippen LogP contribution < -0.4 is 4.31 Å². The second kappa shape index (κ2) is 10.7. The lowest BCUT2D eigenvalue weighted by molar-refractivity contribution is 0.0590. The first-order chi connectivity index (χ1) is 12.6. The molecule has 0 spiro atoms. The average Bonchev–Trinajstić information content (AvgIpc) is 2.60. The number of anilines is 1. The Kier molecular flexibility index (Phi) is 9.27. The van der Waals surface area contributed by atoms with Gasteiger partial charge in [-0.3, -0.25) is 8.86 Å². The fraction of sp³-hybridized carbons (Fsp3) is 0.562. The predicted octanol–water partition coefficient (Wildman–Crippen LogP) is 2.69. The lowest BCUT2D eigenvalue weighted by Gasteiger charge is -2.21. The van der Waals surface area contributed by atoms with Gasteiger partial charge in [0.25, 0.3) is 11.3 Å². The monoisotopic (exact) mass is 427 g/mol. The normalized spacial score (nSPS) is 12.6. The van der Waals surface area contributed by atoms with Gasteiger partial charge in [-0.25, -0.2) is 26.2 Å². The highest BCUT2D eigenvalue weighted by atomic mass is 32.2. The number of hydrogen-bond donors (Lipinski definition) is 1. The van der Waals surface area contributed by atoms with Crippen molar-refractivity contribution in [3.05, 3.63) is 29.3 Å². The molecular weight excluding hydrogens is 404 g/mol. The molecule has 0 bridgehead atoms. The summed E-state index contributed by atoms with van der Waals surface area (Å²) in [4.78, 5) is 11.5. The van der Waals surface area contributed by atoms with Gasteiger partial charge in [-0.2, -0.15) is 0 Å². The molecule has 1 N–H and O–H groups in total. The molecule has 0 aliphatic rings. The Labute approximate surface area is 160 Å². The average molecular weight is 427 g/mol. The summed E-state index contributed by atoms with van der Waals surface area (Å²) in [5, 5.41) is 0. The van der Waals surface area contributed by atoms with Crippen molar-refractivity contribution in [3.63, 3.8) is 0 Å². The molecule has 1 rings (SSSR count). The zero-order chi connectivity index (χ0) is 20.6. The molecule has 1 aromatic carbocycles. The van der Waals surface area contributed by atoms with E-state index in [9.17, 15) is 30.8 Å². The van der Waals surface area contributed by atoms with E-state index in [0.29, 0.717) is 6.42 Å². The number of esters is 1. The summed E-state index contributed by atoms with van der Waals surface area (Å²) in [7, 11) is -2.25. The van der Waals surface area contributed by atoms with Crippen molar-refractivity contribution < 1.29 is 35.5 Å². The third-order valence-electron chi connectivity index (χ3n) is 3.79. The highest BCUT2D eigenvalue weighted by Gasteiger charge is 2.25. The van der Waals surface area contributed by atoms with E-state index in [0.717, 1.165) is 30.0 Å². The van der Waals surface area contributed by atoms with Gasteiger partial charge in [0.1, 0.15) is 21.2 Å². The maximum absolute atomic E-state index is 14.5. The van der Waals surface area contributed by atoms with Crippen LogP contribution in [0.1, 0.15) is 43.0 Å². The summed E-state index contributed by atoms with van der Waals surface area (Å²) >= 11 is -2.65. The van der Waals surface area contributed by atoms with E-state index in [4.69, 9.17) is 0 Å². The van der Waals surface area contributed by atoms with Crippen LogP contribution in [0.25, 0.3) is 0 Å².